The number of carbonyl (C=O) groups is 1. The van der Waals surface area contributed by atoms with Crippen LogP contribution in [0, 0.1) is 11.3 Å². The van der Waals surface area contributed by atoms with Gasteiger partial charge in [-0.3, -0.25) is 9.10 Å². The van der Waals surface area contributed by atoms with Crippen LogP contribution in [0.25, 0.3) is 10.1 Å². The molecular formula is C30H27N5O4S2. The number of nitrogens with zero attached hydrogens (tertiary/aromatic N) is 4. The number of thiophene rings is 1. The van der Waals surface area contributed by atoms with Gasteiger partial charge in [-0.1, -0.05) is 30.3 Å². The molecule has 1 N–H and O–H groups in total. The summed E-state index contributed by atoms with van der Waals surface area (Å²) < 4.78 is 37.1. The summed E-state index contributed by atoms with van der Waals surface area (Å²) in [6, 6.07) is 24.8. The van der Waals surface area contributed by atoms with E-state index in [0.29, 0.717) is 41.5 Å². The SMILES string of the molecule is COCCNC(=O)c1cc2cc(N(Cc3cncn3Cc3ccc(C#N)cc3)S(=O)(=O)c3ccccc3)ccc2s1. The van der Waals surface area contributed by atoms with Gasteiger partial charge in [0.15, 0.2) is 0 Å². The molecule has 208 valence electrons. The molecule has 41 heavy (non-hydrogen) atoms. The molecular weight excluding hydrogens is 558 g/mol. The number of methoxy groups -OCH3 is 1. The average molecular weight is 586 g/mol. The largest absolute Gasteiger partial charge is 0.383 e. The fourth-order valence-electron chi connectivity index (χ4n) is 4.34. The van der Waals surface area contributed by atoms with Gasteiger partial charge < -0.3 is 14.6 Å². The Balaban J connectivity index is 1.49. The molecule has 0 saturated carbocycles. The first-order valence-electron chi connectivity index (χ1n) is 12.8. The van der Waals surface area contributed by atoms with Crippen LogP contribution in [0.5, 0.6) is 0 Å². The first-order chi connectivity index (χ1) is 19.9. The van der Waals surface area contributed by atoms with E-state index in [1.54, 1.807) is 80.3 Å². The number of rotatable bonds is 11. The molecule has 0 atom stereocenters. The van der Waals surface area contributed by atoms with Gasteiger partial charge in [-0.15, -0.1) is 11.3 Å². The van der Waals surface area contributed by atoms with E-state index in [1.807, 2.05) is 22.8 Å². The molecule has 0 fully saturated rings. The maximum atomic E-state index is 14.0. The second-order valence-corrected chi connectivity index (χ2v) is 12.2. The number of anilines is 1. The molecule has 0 aliphatic heterocycles. The Labute approximate surface area is 242 Å². The lowest BCUT2D eigenvalue weighted by Gasteiger charge is -2.25. The summed E-state index contributed by atoms with van der Waals surface area (Å²) in [6.07, 6.45) is 3.32. The lowest BCUT2D eigenvalue weighted by Crippen LogP contribution is -2.31. The van der Waals surface area contributed by atoms with Crippen LogP contribution in [0.2, 0.25) is 0 Å². The standard InChI is InChI=1S/C30H27N5O4S2/c1-39-14-13-33-30(36)29-16-24-15-25(11-12-28(24)40-29)35(41(37,38)27-5-3-2-4-6-27)20-26-18-32-21-34(26)19-23-9-7-22(17-31)8-10-23/h2-12,15-16,18,21H,13-14,19-20H2,1H3,(H,33,36). The summed E-state index contributed by atoms with van der Waals surface area (Å²) in [7, 11) is -2.38. The number of aromatic nitrogens is 2. The minimum Gasteiger partial charge on any atom is -0.383 e. The van der Waals surface area contributed by atoms with Crippen molar-refractivity contribution in [3.8, 4) is 6.07 Å². The number of hydrogen-bond acceptors (Lipinski definition) is 7. The topological polar surface area (TPSA) is 117 Å². The lowest BCUT2D eigenvalue weighted by molar-refractivity contribution is 0.0941. The molecule has 3 aromatic carbocycles. The highest BCUT2D eigenvalue weighted by molar-refractivity contribution is 7.92. The third kappa shape index (κ3) is 6.30. The van der Waals surface area contributed by atoms with Gasteiger partial charge in [0.05, 0.1) is 52.3 Å². The maximum absolute atomic E-state index is 14.0. The first kappa shape index (κ1) is 28.0. The van der Waals surface area contributed by atoms with Crippen LogP contribution < -0.4 is 9.62 Å². The molecule has 5 aromatic rings. The van der Waals surface area contributed by atoms with E-state index >= 15 is 0 Å². The third-order valence-corrected chi connectivity index (χ3v) is 9.38. The quantitative estimate of drug-likeness (QED) is 0.223. The van der Waals surface area contributed by atoms with Gasteiger partial charge in [0.25, 0.3) is 15.9 Å². The fourth-order valence-corrected chi connectivity index (χ4v) is 6.75. The van der Waals surface area contributed by atoms with Gasteiger partial charge in [-0.2, -0.15) is 5.26 Å². The zero-order chi connectivity index (χ0) is 28.8. The average Bonchev–Trinajstić information content (AvgIpc) is 3.63. The zero-order valence-electron chi connectivity index (χ0n) is 22.2. The van der Waals surface area contributed by atoms with Gasteiger partial charge in [-0.25, -0.2) is 13.4 Å². The number of imidazole rings is 1. The molecule has 0 unspecified atom stereocenters. The maximum Gasteiger partial charge on any atom is 0.264 e. The molecule has 0 saturated heterocycles. The smallest absolute Gasteiger partial charge is 0.264 e. The van der Waals surface area contributed by atoms with Gasteiger partial charge in [0.1, 0.15) is 0 Å². The summed E-state index contributed by atoms with van der Waals surface area (Å²) in [4.78, 5) is 17.6. The van der Waals surface area contributed by atoms with Crippen molar-refractivity contribution in [3.63, 3.8) is 0 Å². The van der Waals surface area contributed by atoms with Crippen LogP contribution in [-0.2, 0) is 27.8 Å². The normalized spacial score (nSPS) is 11.3. The number of nitrogens with one attached hydrogen (secondary N) is 1. The van der Waals surface area contributed by atoms with E-state index < -0.39 is 10.0 Å². The van der Waals surface area contributed by atoms with Crippen molar-refractivity contribution in [2.45, 2.75) is 18.0 Å². The Morgan fingerprint density at radius 2 is 1.88 bits per heavy atom. The second kappa shape index (κ2) is 12.3. The van der Waals surface area contributed by atoms with E-state index in [4.69, 9.17) is 10.00 Å². The van der Waals surface area contributed by atoms with Crippen LogP contribution in [0.1, 0.15) is 26.5 Å². The van der Waals surface area contributed by atoms with E-state index in [9.17, 15) is 13.2 Å². The number of fused-ring (bicyclic) bond motifs is 1. The highest BCUT2D eigenvalue weighted by Crippen LogP contribution is 2.33. The molecule has 1 amide bonds. The first-order valence-corrected chi connectivity index (χ1v) is 15.0. The highest BCUT2D eigenvalue weighted by atomic mass is 32.2. The van der Waals surface area contributed by atoms with Crippen LogP contribution in [0.4, 0.5) is 5.69 Å². The minimum atomic E-state index is -3.96. The summed E-state index contributed by atoms with van der Waals surface area (Å²) in [5.74, 6) is -0.203. The summed E-state index contributed by atoms with van der Waals surface area (Å²) in [5.41, 5.74) is 2.69. The molecule has 9 nitrogen and oxygen atoms in total. The number of benzene rings is 3. The third-order valence-electron chi connectivity index (χ3n) is 6.47. The number of carbonyl (C=O) groups excluding carboxylic acids is 1. The molecule has 2 aromatic heterocycles. The van der Waals surface area contributed by atoms with Gasteiger partial charge >= 0.3 is 0 Å². The van der Waals surface area contributed by atoms with Crippen molar-refractivity contribution in [1.82, 2.24) is 14.9 Å². The van der Waals surface area contributed by atoms with E-state index in [-0.39, 0.29) is 17.3 Å². The molecule has 0 aliphatic rings. The lowest BCUT2D eigenvalue weighted by atomic mass is 10.1. The molecule has 0 aliphatic carbocycles. The Kier molecular flexibility index (Phi) is 8.45. The van der Waals surface area contributed by atoms with Crippen LogP contribution in [0.3, 0.4) is 0 Å². The predicted octanol–water partition coefficient (Wildman–Crippen LogP) is 4.79. The molecule has 0 spiro atoms. The molecule has 11 heteroatoms. The highest BCUT2D eigenvalue weighted by Gasteiger charge is 2.27. The van der Waals surface area contributed by atoms with Crippen LogP contribution in [-0.4, -0.2) is 44.1 Å². The Morgan fingerprint density at radius 1 is 1.10 bits per heavy atom. The van der Waals surface area contributed by atoms with Crippen LogP contribution >= 0.6 is 11.3 Å². The molecule has 0 radical (unpaired) electrons. The van der Waals surface area contributed by atoms with Crippen LogP contribution in [0.15, 0.2) is 96.3 Å². The van der Waals surface area contributed by atoms with Crippen molar-refractivity contribution in [1.29, 1.82) is 5.26 Å². The Hall–Kier alpha value is -4.50. The van der Waals surface area contributed by atoms with Crippen molar-refractivity contribution >= 4 is 43.0 Å². The Morgan fingerprint density at radius 3 is 2.61 bits per heavy atom. The summed E-state index contributed by atoms with van der Waals surface area (Å²) in [6.45, 7) is 1.31. The molecule has 0 bridgehead atoms. The minimum absolute atomic E-state index is 0.0352. The van der Waals surface area contributed by atoms with Gasteiger partial charge in [0.2, 0.25) is 0 Å². The number of ether oxygens (including phenoxy) is 1. The van der Waals surface area contributed by atoms with Crippen molar-refractivity contribution in [2.24, 2.45) is 0 Å². The van der Waals surface area contributed by atoms with Crippen molar-refractivity contribution in [3.05, 3.63) is 113 Å². The number of amides is 1. The fraction of sp³-hybridized carbons (Fsp3) is 0.167. The van der Waals surface area contributed by atoms with Gasteiger partial charge in [0, 0.05) is 31.1 Å². The molecule has 5 rings (SSSR count). The molecule has 2 heterocycles. The number of hydrogen-bond donors (Lipinski definition) is 1. The van der Waals surface area contributed by atoms with E-state index in [0.717, 1.165) is 15.6 Å². The summed E-state index contributed by atoms with van der Waals surface area (Å²) >= 11 is 1.34. The van der Waals surface area contributed by atoms with Gasteiger partial charge in [-0.05, 0) is 59.5 Å². The van der Waals surface area contributed by atoms with E-state index in [1.165, 1.54) is 15.6 Å². The van der Waals surface area contributed by atoms with E-state index in [2.05, 4.69) is 16.4 Å². The number of nitriles is 1. The second-order valence-electron chi connectivity index (χ2n) is 9.23. The van der Waals surface area contributed by atoms with Crippen molar-refractivity contribution < 1.29 is 17.9 Å². The zero-order valence-corrected chi connectivity index (χ0v) is 23.9. The predicted molar refractivity (Wildman–Crippen MR) is 158 cm³/mol. The Bertz CT molecular complexity index is 1810. The summed E-state index contributed by atoms with van der Waals surface area (Å²) in [5, 5.41) is 12.7. The van der Waals surface area contributed by atoms with Crippen molar-refractivity contribution in [2.75, 3.05) is 24.6 Å². The number of sulfonamides is 1. The monoisotopic (exact) mass is 585 g/mol.